The van der Waals surface area contributed by atoms with Crippen LogP contribution in [0, 0.1) is 32.1 Å². The smallest absolute Gasteiger partial charge is 0.101 e. The quantitative estimate of drug-likeness (QED) is 0.496. The second-order valence-corrected chi connectivity index (χ2v) is 7.04. The number of aromatic nitrogens is 2. The molecule has 0 aliphatic heterocycles. The number of pyridine rings is 2. The Bertz CT molecular complexity index is 1200. The number of fused-ring (bicyclic) bond motifs is 1. The van der Waals surface area contributed by atoms with Crippen molar-refractivity contribution in [2.45, 2.75) is 20.8 Å². The number of aryl methyl sites for hydroxylation is 3. The van der Waals surface area contributed by atoms with Gasteiger partial charge in [-0.2, -0.15) is 5.26 Å². The first-order chi connectivity index (χ1) is 13.5. The Morgan fingerprint density at radius 3 is 2.39 bits per heavy atom. The average Bonchev–Trinajstić information content (AvgIpc) is 2.69. The van der Waals surface area contributed by atoms with Crippen molar-refractivity contribution in [1.29, 1.82) is 5.26 Å². The van der Waals surface area contributed by atoms with Gasteiger partial charge in [-0.05, 0) is 62.7 Å². The molecule has 4 aromatic rings. The van der Waals surface area contributed by atoms with Crippen LogP contribution < -0.4 is 5.32 Å². The van der Waals surface area contributed by atoms with Crippen molar-refractivity contribution in [2.24, 2.45) is 0 Å². The van der Waals surface area contributed by atoms with Crippen LogP contribution in [0.15, 0.2) is 60.8 Å². The van der Waals surface area contributed by atoms with Gasteiger partial charge < -0.3 is 5.32 Å². The molecule has 4 heteroatoms. The third-order valence-corrected chi connectivity index (χ3v) is 4.73. The van der Waals surface area contributed by atoms with Crippen molar-refractivity contribution in [2.75, 3.05) is 5.32 Å². The molecular weight excluding hydrogens is 344 g/mol. The molecule has 4 rings (SSSR count). The topological polar surface area (TPSA) is 61.6 Å². The van der Waals surface area contributed by atoms with Gasteiger partial charge >= 0.3 is 0 Å². The molecule has 1 N–H and O–H groups in total. The molecule has 136 valence electrons. The summed E-state index contributed by atoms with van der Waals surface area (Å²) in [6, 6.07) is 20.3. The first-order valence-electron chi connectivity index (χ1n) is 9.16. The van der Waals surface area contributed by atoms with Crippen molar-refractivity contribution < 1.29 is 0 Å². The molecule has 2 heterocycles. The standard InChI is InChI=1S/C24H20N4/c1-15-10-16(2)24-21(11-15)23(12-17(3)27-24)28-20-7-5-19(6-8-20)22-9-4-18(13-25)14-26-22/h4-12,14H,1-3H3,(H,27,28). The van der Waals surface area contributed by atoms with E-state index in [1.807, 2.05) is 37.3 Å². The summed E-state index contributed by atoms with van der Waals surface area (Å²) in [6.07, 6.45) is 1.60. The summed E-state index contributed by atoms with van der Waals surface area (Å²) in [4.78, 5) is 9.07. The van der Waals surface area contributed by atoms with Crippen LogP contribution in [0.2, 0.25) is 0 Å². The average molecular weight is 364 g/mol. The minimum absolute atomic E-state index is 0.563. The number of benzene rings is 2. The van der Waals surface area contributed by atoms with Gasteiger partial charge in [-0.25, -0.2) is 0 Å². The van der Waals surface area contributed by atoms with Gasteiger partial charge in [-0.15, -0.1) is 0 Å². The largest absolute Gasteiger partial charge is 0.355 e. The molecule has 0 saturated carbocycles. The maximum absolute atomic E-state index is 8.90. The molecular formula is C24H20N4. The fraction of sp³-hybridized carbons (Fsp3) is 0.125. The van der Waals surface area contributed by atoms with Crippen molar-refractivity contribution in [3.63, 3.8) is 0 Å². The zero-order valence-electron chi connectivity index (χ0n) is 16.1. The predicted molar refractivity (Wildman–Crippen MR) is 114 cm³/mol. The van der Waals surface area contributed by atoms with Crippen LogP contribution in [-0.2, 0) is 0 Å². The van der Waals surface area contributed by atoms with Gasteiger partial charge in [-0.1, -0.05) is 23.8 Å². The van der Waals surface area contributed by atoms with Crippen LogP contribution in [0.5, 0.6) is 0 Å². The Balaban J connectivity index is 1.67. The van der Waals surface area contributed by atoms with E-state index in [0.717, 1.165) is 39.2 Å². The molecule has 2 aromatic heterocycles. The summed E-state index contributed by atoms with van der Waals surface area (Å²) in [6.45, 7) is 6.23. The molecule has 0 saturated heterocycles. The monoisotopic (exact) mass is 364 g/mol. The van der Waals surface area contributed by atoms with Crippen LogP contribution in [0.4, 0.5) is 11.4 Å². The summed E-state index contributed by atoms with van der Waals surface area (Å²) < 4.78 is 0. The van der Waals surface area contributed by atoms with Crippen molar-refractivity contribution >= 4 is 22.3 Å². The van der Waals surface area contributed by atoms with Gasteiger partial charge in [0.1, 0.15) is 6.07 Å². The highest BCUT2D eigenvalue weighted by atomic mass is 14.9. The normalized spacial score (nSPS) is 10.6. The van der Waals surface area contributed by atoms with E-state index < -0.39 is 0 Å². The number of hydrogen-bond acceptors (Lipinski definition) is 4. The third kappa shape index (κ3) is 3.43. The first-order valence-corrected chi connectivity index (χ1v) is 9.16. The maximum Gasteiger partial charge on any atom is 0.101 e. The molecule has 0 bridgehead atoms. The Hall–Kier alpha value is -3.71. The lowest BCUT2D eigenvalue weighted by Gasteiger charge is -2.13. The van der Waals surface area contributed by atoms with Crippen LogP contribution in [0.1, 0.15) is 22.4 Å². The molecule has 0 atom stereocenters. The van der Waals surface area contributed by atoms with Gasteiger partial charge in [-0.3, -0.25) is 9.97 Å². The van der Waals surface area contributed by atoms with Crippen LogP contribution in [-0.4, -0.2) is 9.97 Å². The zero-order chi connectivity index (χ0) is 19.7. The highest BCUT2D eigenvalue weighted by molar-refractivity contribution is 5.95. The first kappa shape index (κ1) is 17.7. The molecule has 28 heavy (non-hydrogen) atoms. The van der Waals surface area contributed by atoms with Crippen LogP contribution >= 0.6 is 0 Å². The lowest BCUT2D eigenvalue weighted by molar-refractivity contribution is 1.23. The lowest BCUT2D eigenvalue weighted by Crippen LogP contribution is -1.97. The molecule has 0 fully saturated rings. The number of rotatable bonds is 3. The van der Waals surface area contributed by atoms with Gasteiger partial charge in [0, 0.05) is 34.2 Å². The van der Waals surface area contributed by atoms with E-state index in [9.17, 15) is 0 Å². The molecule has 0 aliphatic carbocycles. The van der Waals surface area contributed by atoms with Crippen molar-refractivity contribution in [3.8, 4) is 17.3 Å². The summed E-state index contributed by atoms with van der Waals surface area (Å²) in [5.74, 6) is 0. The van der Waals surface area contributed by atoms with E-state index >= 15 is 0 Å². The summed E-state index contributed by atoms with van der Waals surface area (Å²) in [7, 11) is 0. The molecule has 4 nitrogen and oxygen atoms in total. The number of nitrogens with one attached hydrogen (secondary N) is 1. The van der Waals surface area contributed by atoms with E-state index in [1.54, 1.807) is 12.3 Å². The Labute approximate surface area is 164 Å². The van der Waals surface area contributed by atoms with Gasteiger partial charge in [0.05, 0.1) is 16.8 Å². The predicted octanol–water partition coefficient (Wildman–Crippen LogP) is 5.84. The molecule has 0 unspecified atom stereocenters. The number of anilines is 2. The number of nitriles is 1. The highest BCUT2D eigenvalue weighted by Gasteiger charge is 2.08. The number of nitrogens with zero attached hydrogens (tertiary/aromatic N) is 3. The minimum atomic E-state index is 0.563. The van der Waals surface area contributed by atoms with Crippen LogP contribution in [0.3, 0.4) is 0 Å². The van der Waals surface area contributed by atoms with Crippen molar-refractivity contribution in [3.05, 3.63) is 83.2 Å². The third-order valence-electron chi connectivity index (χ3n) is 4.73. The van der Waals surface area contributed by atoms with E-state index in [-0.39, 0.29) is 0 Å². The summed E-state index contributed by atoms with van der Waals surface area (Å²) >= 11 is 0. The summed E-state index contributed by atoms with van der Waals surface area (Å²) in [5.41, 5.74) is 8.91. The molecule has 2 aromatic carbocycles. The molecule has 0 amide bonds. The minimum Gasteiger partial charge on any atom is -0.355 e. The van der Waals surface area contributed by atoms with Crippen LogP contribution in [0.25, 0.3) is 22.2 Å². The summed E-state index contributed by atoms with van der Waals surface area (Å²) in [5, 5.41) is 13.6. The highest BCUT2D eigenvalue weighted by Crippen LogP contribution is 2.30. The molecule has 0 radical (unpaired) electrons. The SMILES string of the molecule is Cc1cc(C)c2nc(C)cc(Nc3ccc(-c4ccc(C#N)cn4)cc3)c2c1. The zero-order valence-corrected chi connectivity index (χ0v) is 16.1. The Morgan fingerprint density at radius 2 is 1.71 bits per heavy atom. The molecule has 0 aliphatic rings. The fourth-order valence-electron chi connectivity index (χ4n) is 3.42. The second-order valence-electron chi connectivity index (χ2n) is 7.04. The maximum atomic E-state index is 8.90. The van der Waals surface area contributed by atoms with E-state index in [2.05, 4.69) is 48.4 Å². The van der Waals surface area contributed by atoms with E-state index in [1.165, 1.54) is 11.1 Å². The second kappa shape index (κ2) is 7.13. The lowest BCUT2D eigenvalue weighted by atomic mass is 10.0. The van der Waals surface area contributed by atoms with Crippen molar-refractivity contribution in [1.82, 2.24) is 9.97 Å². The van der Waals surface area contributed by atoms with Gasteiger partial charge in [0.25, 0.3) is 0 Å². The number of hydrogen-bond donors (Lipinski definition) is 1. The Kier molecular flexibility index (Phi) is 4.50. The fourth-order valence-corrected chi connectivity index (χ4v) is 3.42. The van der Waals surface area contributed by atoms with Gasteiger partial charge in [0.15, 0.2) is 0 Å². The van der Waals surface area contributed by atoms with E-state index in [0.29, 0.717) is 5.56 Å². The van der Waals surface area contributed by atoms with Gasteiger partial charge in [0.2, 0.25) is 0 Å². The Morgan fingerprint density at radius 1 is 0.929 bits per heavy atom. The van der Waals surface area contributed by atoms with E-state index in [4.69, 9.17) is 10.2 Å². The molecule has 0 spiro atoms.